The molecule has 152 valence electrons. The highest BCUT2D eigenvalue weighted by atomic mass is 32.1. The smallest absolute Gasteiger partial charge is 0.191 e. The van der Waals surface area contributed by atoms with Crippen molar-refractivity contribution >= 4 is 17.3 Å². The fraction of sp³-hybridized carbons (Fsp3) is 0.650. The molecule has 0 aromatic carbocycles. The highest BCUT2D eigenvalue weighted by molar-refractivity contribution is 7.09. The van der Waals surface area contributed by atoms with Gasteiger partial charge >= 0.3 is 0 Å². The van der Waals surface area contributed by atoms with Crippen molar-refractivity contribution < 1.29 is 0 Å². The van der Waals surface area contributed by atoms with Crippen LogP contribution in [-0.4, -0.2) is 56.8 Å². The molecule has 2 atom stereocenters. The van der Waals surface area contributed by atoms with Crippen molar-refractivity contribution in [1.29, 1.82) is 0 Å². The summed E-state index contributed by atoms with van der Waals surface area (Å²) < 4.78 is 2.00. The topological polar surface area (TPSA) is 70.4 Å². The quantitative estimate of drug-likeness (QED) is 0.549. The summed E-state index contributed by atoms with van der Waals surface area (Å²) in [5, 5.41) is 17.7. The molecule has 2 aromatic heterocycles. The Bertz CT molecular complexity index is 794. The average Bonchev–Trinajstić information content (AvgIpc) is 3.11. The van der Waals surface area contributed by atoms with Gasteiger partial charge in [0.2, 0.25) is 0 Å². The molecule has 0 radical (unpaired) electrons. The van der Waals surface area contributed by atoms with Crippen LogP contribution in [0.15, 0.2) is 22.5 Å². The summed E-state index contributed by atoms with van der Waals surface area (Å²) in [6, 6.07) is 6.21. The standard InChI is InChI=1S/C20H31N7S/c1-14-11-16(13-27(14)17-6-7-17)23-20(21-9-8-18-5-4-10-28-18)22-12-19-25-24-15(2)26(19)3/h4-5,10,14,16-17H,6-9,11-13H2,1-3H3,(H2,21,22,23). The number of rotatable bonds is 7. The number of nitrogens with zero attached hydrogens (tertiary/aromatic N) is 5. The molecule has 8 heteroatoms. The Kier molecular flexibility index (Phi) is 5.96. The Morgan fingerprint density at radius 1 is 1.36 bits per heavy atom. The van der Waals surface area contributed by atoms with Crippen LogP contribution in [0.3, 0.4) is 0 Å². The van der Waals surface area contributed by atoms with Gasteiger partial charge in [0.1, 0.15) is 12.4 Å². The molecule has 1 saturated heterocycles. The Labute approximate surface area is 171 Å². The molecule has 3 heterocycles. The van der Waals surface area contributed by atoms with E-state index in [0.717, 1.165) is 43.2 Å². The molecule has 28 heavy (non-hydrogen) atoms. The molecular formula is C20H31N7S. The molecule has 1 aliphatic carbocycles. The fourth-order valence-electron chi connectivity index (χ4n) is 3.92. The third-order valence-electron chi connectivity index (χ3n) is 5.78. The SMILES string of the molecule is Cc1nnc(CN=C(NCCc2cccs2)NC2CC(C)N(C3CC3)C2)n1C. The average molecular weight is 402 g/mol. The van der Waals surface area contributed by atoms with E-state index in [2.05, 4.69) is 50.2 Å². The van der Waals surface area contributed by atoms with Crippen molar-refractivity contribution in [2.45, 2.75) is 64.2 Å². The third-order valence-corrected chi connectivity index (χ3v) is 6.72. The first-order valence-corrected chi connectivity index (χ1v) is 11.2. The zero-order valence-electron chi connectivity index (χ0n) is 17.1. The number of hydrogen-bond donors (Lipinski definition) is 2. The fourth-order valence-corrected chi connectivity index (χ4v) is 4.63. The van der Waals surface area contributed by atoms with Gasteiger partial charge in [0.25, 0.3) is 0 Å². The lowest BCUT2D eigenvalue weighted by Crippen LogP contribution is -2.45. The molecule has 7 nitrogen and oxygen atoms in total. The van der Waals surface area contributed by atoms with E-state index in [1.807, 2.05) is 18.5 Å². The molecule has 0 amide bonds. The van der Waals surface area contributed by atoms with E-state index in [0.29, 0.717) is 18.6 Å². The van der Waals surface area contributed by atoms with Crippen LogP contribution in [0, 0.1) is 6.92 Å². The predicted octanol–water partition coefficient (Wildman–Crippen LogP) is 2.09. The Hall–Kier alpha value is -1.93. The van der Waals surface area contributed by atoms with Gasteiger partial charge < -0.3 is 15.2 Å². The number of likely N-dealkylation sites (tertiary alicyclic amines) is 1. The summed E-state index contributed by atoms with van der Waals surface area (Å²) in [6.45, 7) is 6.83. The highest BCUT2D eigenvalue weighted by Gasteiger charge is 2.38. The van der Waals surface area contributed by atoms with E-state index in [4.69, 9.17) is 4.99 Å². The predicted molar refractivity (Wildman–Crippen MR) is 114 cm³/mol. The zero-order valence-corrected chi connectivity index (χ0v) is 17.9. The normalized spacial score (nSPS) is 23.3. The van der Waals surface area contributed by atoms with Crippen LogP contribution >= 0.6 is 11.3 Å². The van der Waals surface area contributed by atoms with Gasteiger partial charge in [-0.2, -0.15) is 0 Å². The third kappa shape index (κ3) is 4.72. The number of guanidine groups is 1. The lowest BCUT2D eigenvalue weighted by molar-refractivity contribution is 0.256. The van der Waals surface area contributed by atoms with E-state index >= 15 is 0 Å². The van der Waals surface area contributed by atoms with E-state index in [9.17, 15) is 0 Å². The van der Waals surface area contributed by atoms with Gasteiger partial charge in [-0.15, -0.1) is 21.5 Å². The van der Waals surface area contributed by atoms with Crippen LogP contribution in [0.5, 0.6) is 0 Å². The van der Waals surface area contributed by atoms with Crippen molar-refractivity contribution in [2.24, 2.45) is 12.0 Å². The van der Waals surface area contributed by atoms with Crippen molar-refractivity contribution in [3.8, 4) is 0 Å². The van der Waals surface area contributed by atoms with Crippen molar-refractivity contribution in [1.82, 2.24) is 30.3 Å². The van der Waals surface area contributed by atoms with Crippen LogP contribution in [-0.2, 0) is 20.0 Å². The lowest BCUT2D eigenvalue weighted by atomic mass is 10.2. The van der Waals surface area contributed by atoms with Gasteiger partial charge in [-0.3, -0.25) is 4.90 Å². The largest absolute Gasteiger partial charge is 0.356 e. The number of aromatic nitrogens is 3. The summed E-state index contributed by atoms with van der Waals surface area (Å²) >= 11 is 1.80. The molecule has 1 aliphatic heterocycles. The minimum atomic E-state index is 0.449. The molecule has 0 spiro atoms. The van der Waals surface area contributed by atoms with Crippen LogP contribution in [0.1, 0.15) is 42.7 Å². The summed E-state index contributed by atoms with van der Waals surface area (Å²) in [5.41, 5.74) is 0. The van der Waals surface area contributed by atoms with E-state index in [1.54, 1.807) is 11.3 Å². The Balaban J connectivity index is 1.38. The van der Waals surface area contributed by atoms with Crippen molar-refractivity contribution in [2.75, 3.05) is 13.1 Å². The number of nitrogens with one attached hydrogen (secondary N) is 2. The highest BCUT2D eigenvalue weighted by Crippen LogP contribution is 2.33. The maximum atomic E-state index is 4.82. The Morgan fingerprint density at radius 2 is 2.21 bits per heavy atom. The van der Waals surface area contributed by atoms with Crippen LogP contribution in [0.2, 0.25) is 0 Å². The van der Waals surface area contributed by atoms with Crippen molar-refractivity contribution in [3.05, 3.63) is 34.0 Å². The molecule has 4 rings (SSSR count). The maximum Gasteiger partial charge on any atom is 0.191 e. The number of thiophene rings is 1. The second-order valence-corrected chi connectivity index (χ2v) is 9.03. The first kappa shape index (κ1) is 19.4. The first-order valence-electron chi connectivity index (χ1n) is 10.3. The molecule has 2 unspecified atom stereocenters. The van der Waals surface area contributed by atoms with Crippen LogP contribution < -0.4 is 10.6 Å². The second-order valence-electron chi connectivity index (χ2n) is 8.00. The van der Waals surface area contributed by atoms with Gasteiger partial charge in [0.05, 0.1) is 0 Å². The minimum absolute atomic E-state index is 0.449. The molecule has 0 bridgehead atoms. The Morgan fingerprint density at radius 3 is 2.89 bits per heavy atom. The van der Waals surface area contributed by atoms with Gasteiger partial charge in [0, 0.05) is 43.1 Å². The summed E-state index contributed by atoms with van der Waals surface area (Å²) in [7, 11) is 1.99. The molecular weight excluding hydrogens is 370 g/mol. The number of aryl methyl sites for hydroxylation is 1. The molecule has 2 N–H and O–H groups in total. The maximum absolute atomic E-state index is 4.82. The monoisotopic (exact) mass is 401 g/mol. The van der Waals surface area contributed by atoms with Crippen LogP contribution in [0.4, 0.5) is 0 Å². The second kappa shape index (κ2) is 8.61. The molecule has 1 saturated carbocycles. The van der Waals surface area contributed by atoms with Crippen LogP contribution in [0.25, 0.3) is 0 Å². The summed E-state index contributed by atoms with van der Waals surface area (Å²) in [6.07, 6.45) is 4.91. The molecule has 2 aromatic rings. The summed E-state index contributed by atoms with van der Waals surface area (Å²) in [4.78, 5) is 8.87. The molecule has 2 aliphatic rings. The molecule has 2 fully saturated rings. The van der Waals surface area contributed by atoms with Gasteiger partial charge in [0.15, 0.2) is 11.8 Å². The first-order chi connectivity index (χ1) is 13.6. The van der Waals surface area contributed by atoms with Gasteiger partial charge in [-0.25, -0.2) is 4.99 Å². The zero-order chi connectivity index (χ0) is 19.5. The summed E-state index contributed by atoms with van der Waals surface area (Å²) in [5.74, 6) is 2.68. The van der Waals surface area contributed by atoms with Crippen molar-refractivity contribution in [3.63, 3.8) is 0 Å². The van der Waals surface area contributed by atoms with E-state index in [-0.39, 0.29) is 0 Å². The van der Waals surface area contributed by atoms with Gasteiger partial charge in [-0.05, 0) is 51.0 Å². The number of hydrogen-bond acceptors (Lipinski definition) is 5. The van der Waals surface area contributed by atoms with E-state index < -0.39 is 0 Å². The number of aliphatic imine (C=N–C) groups is 1. The lowest BCUT2D eigenvalue weighted by Gasteiger charge is -2.20. The van der Waals surface area contributed by atoms with Gasteiger partial charge in [-0.1, -0.05) is 6.07 Å². The minimum Gasteiger partial charge on any atom is -0.356 e. The van der Waals surface area contributed by atoms with E-state index in [1.165, 1.54) is 24.1 Å².